The van der Waals surface area contributed by atoms with Crippen LogP contribution in [0.1, 0.15) is 22.3 Å². The fourth-order valence-electron chi connectivity index (χ4n) is 2.65. The lowest BCUT2D eigenvalue weighted by Gasteiger charge is -2.12. The normalized spacial score (nSPS) is 10.1. The van der Waals surface area contributed by atoms with Gasteiger partial charge >= 0.3 is 0 Å². The highest BCUT2D eigenvalue weighted by atomic mass is 35.5. The zero-order valence-corrected chi connectivity index (χ0v) is 18.6. The van der Waals surface area contributed by atoms with Crippen LogP contribution in [0.5, 0.6) is 0 Å². The van der Waals surface area contributed by atoms with Gasteiger partial charge in [0.1, 0.15) is 11.6 Å². The van der Waals surface area contributed by atoms with Crippen LogP contribution in [-0.2, 0) is 24.5 Å². The third-order valence-corrected chi connectivity index (χ3v) is 5.74. The monoisotopic (exact) mass is 460 g/mol. The maximum absolute atomic E-state index is 9.51. The second-order valence-electron chi connectivity index (χ2n) is 6.16. The molecule has 3 aromatic rings. The van der Waals surface area contributed by atoms with Crippen LogP contribution >= 0.6 is 35.8 Å². The van der Waals surface area contributed by atoms with E-state index in [1.165, 1.54) is 11.8 Å². The van der Waals surface area contributed by atoms with Gasteiger partial charge in [-0.25, -0.2) is 4.98 Å². The Hall–Kier alpha value is -2.04. The topological polar surface area (TPSA) is 68.4 Å². The summed E-state index contributed by atoms with van der Waals surface area (Å²) in [5.74, 6) is 6.09. The van der Waals surface area contributed by atoms with Crippen molar-refractivity contribution < 1.29 is 9.84 Å². The average Bonchev–Trinajstić information content (AvgIpc) is 2.76. The van der Waals surface area contributed by atoms with Crippen molar-refractivity contribution in [1.29, 1.82) is 0 Å². The van der Waals surface area contributed by atoms with E-state index in [0.717, 1.165) is 27.1 Å². The van der Waals surface area contributed by atoms with Crippen molar-refractivity contribution in [2.24, 2.45) is 5.73 Å². The number of rotatable bonds is 7. The molecule has 0 amide bonds. The molecule has 156 valence electrons. The largest absolute Gasteiger partial charge is 0.392 e. The van der Waals surface area contributed by atoms with Crippen molar-refractivity contribution >= 4 is 35.8 Å². The molecule has 30 heavy (non-hydrogen) atoms. The van der Waals surface area contributed by atoms with Crippen molar-refractivity contribution in [3.8, 4) is 11.8 Å². The van der Waals surface area contributed by atoms with Crippen LogP contribution in [0.3, 0.4) is 0 Å². The fraction of sp³-hybridized carbons (Fsp3) is 0.174. The van der Waals surface area contributed by atoms with Gasteiger partial charge in [0, 0.05) is 28.8 Å². The predicted octanol–water partition coefficient (Wildman–Crippen LogP) is 4.83. The highest BCUT2D eigenvalue weighted by molar-refractivity contribution is 7.99. The number of ether oxygens (including phenoxy) is 1. The van der Waals surface area contributed by atoms with E-state index in [2.05, 4.69) is 16.8 Å². The summed E-state index contributed by atoms with van der Waals surface area (Å²) in [5.41, 5.74) is 9.46. The van der Waals surface area contributed by atoms with Gasteiger partial charge < -0.3 is 15.6 Å². The molecule has 0 unspecified atom stereocenters. The Kier molecular flexibility index (Phi) is 10.2. The summed E-state index contributed by atoms with van der Waals surface area (Å²) in [6, 6.07) is 17.3. The van der Waals surface area contributed by atoms with Gasteiger partial charge in [0.2, 0.25) is 0 Å². The van der Waals surface area contributed by atoms with E-state index >= 15 is 0 Å². The molecule has 0 saturated heterocycles. The Morgan fingerprint density at radius 2 is 1.90 bits per heavy atom. The van der Waals surface area contributed by atoms with Crippen LogP contribution in [0.4, 0.5) is 0 Å². The number of halogens is 2. The second kappa shape index (κ2) is 12.6. The van der Waals surface area contributed by atoms with Crippen LogP contribution in [-0.4, -0.2) is 16.7 Å². The average molecular weight is 461 g/mol. The molecule has 3 rings (SSSR count). The van der Waals surface area contributed by atoms with Crippen LogP contribution in [0.15, 0.2) is 70.7 Å². The van der Waals surface area contributed by atoms with E-state index in [9.17, 15) is 5.11 Å². The van der Waals surface area contributed by atoms with Gasteiger partial charge in [0.15, 0.2) is 0 Å². The molecule has 0 radical (unpaired) electrons. The van der Waals surface area contributed by atoms with E-state index in [1.54, 1.807) is 12.3 Å². The number of nitrogens with zero attached hydrogens (tertiary/aromatic N) is 1. The molecule has 3 N–H and O–H groups in total. The highest BCUT2D eigenvalue weighted by Crippen LogP contribution is 2.37. The summed E-state index contributed by atoms with van der Waals surface area (Å²) in [5, 5.41) is 10.8. The van der Waals surface area contributed by atoms with Gasteiger partial charge in [0.05, 0.1) is 18.2 Å². The number of pyridine rings is 1. The summed E-state index contributed by atoms with van der Waals surface area (Å²) in [6.07, 6.45) is 1.69. The Bertz CT molecular complexity index is 1020. The molecule has 0 saturated carbocycles. The van der Waals surface area contributed by atoms with E-state index in [4.69, 9.17) is 22.1 Å². The summed E-state index contributed by atoms with van der Waals surface area (Å²) in [7, 11) is 0. The third-order valence-electron chi connectivity index (χ3n) is 4.08. The van der Waals surface area contributed by atoms with Gasteiger partial charge in [-0.3, -0.25) is 0 Å². The molecule has 1 aromatic heterocycles. The number of hydrogen-bond donors (Lipinski definition) is 2. The van der Waals surface area contributed by atoms with Crippen LogP contribution in [0, 0.1) is 11.8 Å². The first kappa shape index (κ1) is 24.2. The van der Waals surface area contributed by atoms with Crippen molar-refractivity contribution in [3.63, 3.8) is 0 Å². The molecule has 0 aliphatic rings. The van der Waals surface area contributed by atoms with Gasteiger partial charge in [-0.05, 0) is 29.3 Å². The molecule has 7 heteroatoms. The lowest BCUT2D eigenvalue weighted by atomic mass is 10.1. The van der Waals surface area contributed by atoms with Crippen molar-refractivity contribution in [2.75, 3.05) is 6.61 Å². The minimum atomic E-state index is -0.0850. The quantitative estimate of drug-likeness (QED) is 0.390. The van der Waals surface area contributed by atoms with Gasteiger partial charge in [-0.1, -0.05) is 71.6 Å². The summed E-state index contributed by atoms with van der Waals surface area (Å²) < 4.78 is 5.59. The molecule has 0 fully saturated rings. The number of nitrogens with two attached hydrogens (primary N) is 1. The number of aliphatic hydroxyl groups excluding tert-OH is 1. The minimum Gasteiger partial charge on any atom is -0.392 e. The number of aliphatic hydroxyl groups is 1. The third kappa shape index (κ3) is 6.75. The molecule has 0 aliphatic heterocycles. The van der Waals surface area contributed by atoms with Gasteiger partial charge in [0.25, 0.3) is 0 Å². The maximum Gasteiger partial charge on any atom is 0.108 e. The lowest BCUT2D eigenvalue weighted by Crippen LogP contribution is -2.01. The molecule has 0 bridgehead atoms. The zero-order chi connectivity index (χ0) is 20.5. The molecular formula is C23H22Cl2N2O2S. The highest BCUT2D eigenvalue weighted by Gasteiger charge is 2.13. The minimum absolute atomic E-state index is 0. The first-order chi connectivity index (χ1) is 14.2. The van der Waals surface area contributed by atoms with Gasteiger partial charge in [-0.2, -0.15) is 0 Å². The number of hydrogen-bond acceptors (Lipinski definition) is 5. The summed E-state index contributed by atoms with van der Waals surface area (Å²) in [4.78, 5) is 5.17. The van der Waals surface area contributed by atoms with Crippen LogP contribution in [0.25, 0.3) is 0 Å². The zero-order valence-electron chi connectivity index (χ0n) is 16.2. The first-order valence-corrected chi connectivity index (χ1v) is 10.3. The van der Waals surface area contributed by atoms with Gasteiger partial charge in [-0.15, -0.1) is 12.4 Å². The molecular weight excluding hydrogens is 439 g/mol. The Balaban J connectivity index is 0.00000320. The smallest absolute Gasteiger partial charge is 0.108 e. The second-order valence-corrected chi connectivity index (χ2v) is 7.56. The Labute approximate surface area is 192 Å². The van der Waals surface area contributed by atoms with E-state index in [-0.39, 0.29) is 19.0 Å². The van der Waals surface area contributed by atoms with E-state index < -0.39 is 0 Å². The molecule has 0 atom stereocenters. The van der Waals surface area contributed by atoms with Crippen LogP contribution in [0.2, 0.25) is 5.02 Å². The molecule has 2 aromatic carbocycles. The number of aromatic nitrogens is 1. The maximum atomic E-state index is 9.51. The summed E-state index contributed by atoms with van der Waals surface area (Å²) >= 11 is 7.91. The molecule has 0 spiro atoms. The Morgan fingerprint density at radius 1 is 1.10 bits per heavy atom. The van der Waals surface area contributed by atoms with E-state index in [1.807, 2.05) is 48.5 Å². The molecule has 4 nitrogen and oxygen atoms in total. The fourth-order valence-corrected chi connectivity index (χ4v) is 4.01. The number of benzene rings is 2. The predicted molar refractivity (Wildman–Crippen MR) is 124 cm³/mol. The van der Waals surface area contributed by atoms with Crippen LogP contribution < -0.4 is 5.73 Å². The lowest BCUT2D eigenvalue weighted by molar-refractivity contribution is 0.153. The van der Waals surface area contributed by atoms with Crippen molar-refractivity contribution in [3.05, 3.63) is 88.1 Å². The SMILES string of the molecule is Cl.NCc1cc(C#CCOCc2ccccc2)cc(Cl)c1Sc1ncccc1CO. The summed E-state index contributed by atoms with van der Waals surface area (Å²) in [6.45, 7) is 1.09. The van der Waals surface area contributed by atoms with E-state index in [0.29, 0.717) is 29.8 Å². The van der Waals surface area contributed by atoms with Crippen molar-refractivity contribution in [1.82, 2.24) is 4.98 Å². The first-order valence-electron chi connectivity index (χ1n) is 9.07. The Morgan fingerprint density at radius 3 is 2.63 bits per heavy atom. The molecule has 0 aliphatic carbocycles. The van der Waals surface area contributed by atoms with Crippen molar-refractivity contribution in [2.45, 2.75) is 29.7 Å². The standard InChI is InChI=1S/C23H21ClN2O2S.ClH/c24-21-13-18(8-5-11-28-16-17-6-2-1-3-7-17)12-20(14-25)22(21)29-23-19(15-27)9-4-10-26-23;/h1-4,6-7,9-10,12-13,27H,11,14-16,25H2;1H. The molecule has 1 heterocycles.